The zero-order valence-electron chi connectivity index (χ0n) is 7.40. The predicted molar refractivity (Wildman–Crippen MR) is 41.4 cm³/mol. The molecule has 1 unspecified atom stereocenters. The van der Waals surface area contributed by atoms with Gasteiger partial charge in [-0.3, -0.25) is 14.4 Å². The van der Waals surface area contributed by atoms with Crippen molar-refractivity contribution in [1.29, 1.82) is 0 Å². The maximum atomic E-state index is 10.6. The van der Waals surface area contributed by atoms with E-state index in [-0.39, 0.29) is 6.61 Å². The molecule has 0 spiro atoms. The Balaban J connectivity index is 4.02. The molecule has 0 fully saturated rings. The molecule has 0 aliphatic carbocycles. The topological polar surface area (TPSA) is 95.7 Å². The third-order valence-corrected chi connectivity index (χ3v) is 1.06. The molecule has 0 rings (SSSR count). The van der Waals surface area contributed by atoms with Crippen LogP contribution in [0.15, 0.2) is 0 Å². The van der Waals surface area contributed by atoms with Gasteiger partial charge in [-0.1, -0.05) is 0 Å². The minimum atomic E-state index is -1.21. The molecule has 0 aliphatic heterocycles. The Morgan fingerprint density at radius 1 is 1.23 bits per heavy atom. The van der Waals surface area contributed by atoms with Crippen molar-refractivity contribution in [2.24, 2.45) is 5.73 Å². The smallest absolute Gasteiger partial charge is 0.303 e. The molecule has 0 aromatic carbocycles. The quantitative estimate of drug-likeness (QED) is 0.570. The lowest BCUT2D eigenvalue weighted by Crippen LogP contribution is -2.36. The first kappa shape index (κ1) is 11.4. The van der Waals surface area contributed by atoms with E-state index in [4.69, 9.17) is 5.73 Å². The predicted octanol–water partition coefficient (Wildman–Crippen LogP) is -1.03. The van der Waals surface area contributed by atoms with Crippen molar-refractivity contribution in [3.8, 4) is 0 Å². The lowest BCUT2D eigenvalue weighted by molar-refractivity contribution is -0.160. The SMILES string of the molecule is CC(=O)OCC(OC(C)=O)C(N)=O. The average Bonchev–Trinajstić information content (AvgIpc) is 1.96. The van der Waals surface area contributed by atoms with Crippen LogP contribution in [0, 0.1) is 0 Å². The molecule has 0 saturated heterocycles. The van der Waals surface area contributed by atoms with Crippen LogP contribution < -0.4 is 5.73 Å². The van der Waals surface area contributed by atoms with E-state index in [2.05, 4.69) is 9.47 Å². The highest BCUT2D eigenvalue weighted by Gasteiger charge is 2.19. The van der Waals surface area contributed by atoms with Crippen LogP contribution in [0.4, 0.5) is 0 Å². The molecule has 6 nitrogen and oxygen atoms in total. The molecule has 1 amide bonds. The highest BCUT2D eigenvalue weighted by Crippen LogP contribution is 1.93. The number of carbonyl (C=O) groups is 3. The molecule has 13 heavy (non-hydrogen) atoms. The van der Waals surface area contributed by atoms with E-state index in [0.717, 1.165) is 6.92 Å². The summed E-state index contributed by atoms with van der Waals surface area (Å²) in [5.41, 5.74) is 4.86. The number of hydrogen-bond acceptors (Lipinski definition) is 5. The molecular formula is C7H11NO5. The summed E-state index contributed by atoms with van der Waals surface area (Å²) in [4.78, 5) is 31.4. The summed E-state index contributed by atoms with van der Waals surface area (Å²) in [6.07, 6.45) is -1.21. The number of ether oxygens (including phenoxy) is 2. The van der Waals surface area contributed by atoms with Crippen LogP contribution in [-0.2, 0) is 23.9 Å². The number of hydrogen-bond donors (Lipinski definition) is 1. The van der Waals surface area contributed by atoms with Gasteiger partial charge in [-0.2, -0.15) is 0 Å². The fraction of sp³-hybridized carbons (Fsp3) is 0.571. The van der Waals surface area contributed by atoms with Crippen LogP contribution >= 0.6 is 0 Å². The second kappa shape index (κ2) is 5.13. The normalized spacial score (nSPS) is 11.5. The Morgan fingerprint density at radius 2 is 1.77 bits per heavy atom. The van der Waals surface area contributed by atoms with Crippen LogP contribution in [0.3, 0.4) is 0 Å². The van der Waals surface area contributed by atoms with Gasteiger partial charge >= 0.3 is 11.9 Å². The summed E-state index contributed by atoms with van der Waals surface area (Å²) in [6.45, 7) is 1.96. The molecule has 0 saturated carbocycles. The number of esters is 2. The van der Waals surface area contributed by atoms with Crippen molar-refractivity contribution in [1.82, 2.24) is 0 Å². The fourth-order valence-corrected chi connectivity index (χ4v) is 0.568. The number of primary amides is 1. The number of amides is 1. The zero-order valence-corrected chi connectivity index (χ0v) is 7.40. The summed E-state index contributed by atoms with van der Waals surface area (Å²) in [7, 11) is 0. The third kappa shape index (κ3) is 5.66. The van der Waals surface area contributed by atoms with Gasteiger partial charge < -0.3 is 15.2 Å². The third-order valence-electron chi connectivity index (χ3n) is 1.06. The Hall–Kier alpha value is -1.59. The van der Waals surface area contributed by atoms with Gasteiger partial charge in [-0.25, -0.2) is 0 Å². The molecule has 74 valence electrons. The summed E-state index contributed by atoms with van der Waals surface area (Å²) in [6, 6.07) is 0. The standard InChI is InChI=1S/C7H11NO5/c1-4(9)12-3-6(7(8)11)13-5(2)10/h6H,3H2,1-2H3,(H2,8,11). The highest BCUT2D eigenvalue weighted by molar-refractivity contribution is 5.82. The van der Waals surface area contributed by atoms with E-state index >= 15 is 0 Å². The van der Waals surface area contributed by atoms with Gasteiger partial charge in [0.1, 0.15) is 6.61 Å². The van der Waals surface area contributed by atoms with Crippen molar-refractivity contribution in [3.05, 3.63) is 0 Å². The molecule has 0 aliphatic rings. The summed E-state index contributed by atoms with van der Waals surface area (Å²) in [5.74, 6) is -2.08. The van der Waals surface area contributed by atoms with Crippen molar-refractivity contribution >= 4 is 17.8 Å². The van der Waals surface area contributed by atoms with Crippen molar-refractivity contribution < 1.29 is 23.9 Å². The van der Waals surface area contributed by atoms with Crippen molar-refractivity contribution in [3.63, 3.8) is 0 Å². The van der Waals surface area contributed by atoms with Crippen LogP contribution in [0.1, 0.15) is 13.8 Å². The van der Waals surface area contributed by atoms with Gasteiger partial charge in [0.15, 0.2) is 0 Å². The van der Waals surface area contributed by atoms with E-state index in [0.29, 0.717) is 0 Å². The van der Waals surface area contributed by atoms with Gasteiger partial charge in [0.2, 0.25) is 6.10 Å². The molecule has 0 aromatic rings. The Bertz CT molecular complexity index is 225. The first-order valence-corrected chi connectivity index (χ1v) is 3.53. The molecule has 2 N–H and O–H groups in total. The lowest BCUT2D eigenvalue weighted by Gasteiger charge is -2.12. The van der Waals surface area contributed by atoms with Crippen LogP contribution in [0.5, 0.6) is 0 Å². The first-order chi connectivity index (χ1) is 5.93. The van der Waals surface area contributed by atoms with Gasteiger partial charge in [-0.15, -0.1) is 0 Å². The van der Waals surface area contributed by atoms with E-state index < -0.39 is 23.9 Å². The molecule has 0 heterocycles. The molecular weight excluding hydrogens is 178 g/mol. The number of carbonyl (C=O) groups excluding carboxylic acids is 3. The summed E-state index contributed by atoms with van der Waals surface area (Å²) in [5, 5.41) is 0. The number of nitrogens with two attached hydrogens (primary N) is 1. The fourth-order valence-electron chi connectivity index (χ4n) is 0.568. The molecule has 0 radical (unpaired) electrons. The largest absolute Gasteiger partial charge is 0.461 e. The van der Waals surface area contributed by atoms with E-state index in [1.54, 1.807) is 0 Å². The van der Waals surface area contributed by atoms with Crippen LogP contribution in [0.25, 0.3) is 0 Å². The first-order valence-electron chi connectivity index (χ1n) is 3.53. The second-order valence-electron chi connectivity index (χ2n) is 2.30. The Morgan fingerprint density at radius 3 is 2.08 bits per heavy atom. The van der Waals surface area contributed by atoms with E-state index in [1.165, 1.54) is 6.92 Å². The maximum absolute atomic E-state index is 10.6. The molecule has 0 bridgehead atoms. The van der Waals surface area contributed by atoms with Gasteiger partial charge in [0.05, 0.1) is 0 Å². The average molecular weight is 189 g/mol. The molecule has 6 heteroatoms. The van der Waals surface area contributed by atoms with Gasteiger partial charge in [0, 0.05) is 13.8 Å². The van der Waals surface area contributed by atoms with E-state index in [1.807, 2.05) is 0 Å². The zero-order chi connectivity index (χ0) is 10.4. The Labute approximate surface area is 75.0 Å². The monoisotopic (exact) mass is 189 g/mol. The summed E-state index contributed by atoms with van der Waals surface area (Å²) < 4.78 is 8.92. The van der Waals surface area contributed by atoms with Crippen LogP contribution in [0.2, 0.25) is 0 Å². The minimum Gasteiger partial charge on any atom is -0.461 e. The van der Waals surface area contributed by atoms with Gasteiger partial charge in [-0.05, 0) is 0 Å². The maximum Gasteiger partial charge on any atom is 0.303 e. The van der Waals surface area contributed by atoms with Crippen molar-refractivity contribution in [2.75, 3.05) is 6.61 Å². The lowest BCUT2D eigenvalue weighted by atomic mass is 10.3. The summed E-state index contributed by atoms with van der Waals surface area (Å²) >= 11 is 0. The van der Waals surface area contributed by atoms with Crippen LogP contribution in [-0.4, -0.2) is 30.6 Å². The van der Waals surface area contributed by atoms with E-state index in [9.17, 15) is 14.4 Å². The van der Waals surface area contributed by atoms with Crippen molar-refractivity contribution in [2.45, 2.75) is 20.0 Å². The second-order valence-corrected chi connectivity index (χ2v) is 2.30. The highest BCUT2D eigenvalue weighted by atomic mass is 16.6. The number of rotatable bonds is 4. The Kier molecular flexibility index (Phi) is 4.50. The minimum absolute atomic E-state index is 0.343. The van der Waals surface area contributed by atoms with Gasteiger partial charge in [0.25, 0.3) is 5.91 Å². The molecule has 0 aromatic heterocycles. The molecule has 1 atom stereocenters.